The van der Waals surface area contributed by atoms with Gasteiger partial charge in [0.15, 0.2) is 5.78 Å². The molecular weight excluding hydrogens is 662 g/mol. The summed E-state index contributed by atoms with van der Waals surface area (Å²) in [6.45, 7) is -0.606. The quantitative estimate of drug-likeness (QED) is 0.0892. The number of Topliss-reactive ketones (excluding diaryl/α,β-unsaturated/α-hetero) is 1. The van der Waals surface area contributed by atoms with E-state index in [1.165, 1.54) is 60.7 Å². The third-order valence-electron chi connectivity index (χ3n) is 9.11. The first kappa shape index (κ1) is 30.0. The van der Waals surface area contributed by atoms with Gasteiger partial charge in [-0.05, 0) is 90.8 Å². The molecule has 1 aliphatic heterocycles. The van der Waals surface area contributed by atoms with Crippen LogP contribution in [0.25, 0.3) is 0 Å². The minimum Gasteiger partial charge on any atom is -0.423 e. The highest BCUT2D eigenvalue weighted by Gasteiger charge is 2.68. The van der Waals surface area contributed by atoms with Crippen molar-refractivity contribution >= 4 is 75.9 Å². The van der Waals surface area contributed by atoms with Gasteiger partial charge in [0.25, 0.3) is 17.7 Å². The Balaban J connectivity index is 1.14. The summed E-state index contributed by atoms with van der Waals surface area (Å²) in [5, 5.41) is 2.58. The first-order valence-corrected chi connectivity index (χ1v) is 15.7. The molecular formula is C33H22Cl4N2O6. The second-order valence-corrected chi connectivity index (χ2v) is 13.3. The van der Waals surface area contributed by atoms with Crippen LogP contribution in [0.2, 0.25) is 20.1 Å². The number of nitrogens with zero attached hydrogens (tertiary/aromatic N) is 2. The van der Waals surface area contributed by atoms with Crippen LogP contribution in [0.1, 0.15) is 37.5 Å². The number of rotatable bonds is 7. The van der Waals surface area contributed by atoms with Crippen molar-refractivity contribution in [2.24, 2.45) is 35.5 Å². The van der Waals surface area contributed by atoms with Gasteiger partial charge >= 0.3 is 5.97 Å². The number of ketones is 1. The number of benzene rings is 3. The molecule has 3 amide bonds. The molecule has 0 unspecified atom stereocenters. The van der Waals surface area contributed by atoms with Crippen LogP contribution in [-0.4, -0.2) is 46.0 Å². The number of allylic oxidation sites excluding steroid dienone is 2. The molecule has 4 aliphatic carbocycles. The van der Waals surface area contributed by atoms with Crippen molar-refractivity contribution < 1.29 is 28.7 Å². The van der Waals surface area contributed by atoms with Crippen LogP contribution < -0.4 is 4.74 Å². The predicted molar refractivity (Wildman–Crippen MR) is 166 cm³/mol. The van der Waals surface area contributed by atoms with Gasteiger partial charge in [-0.25, -0.2) is 9.80 Å². The molecule has 0 aromatic heterocycles. The molecule has 228 valence electrons. The second-order valence-electron chi connectivity index (χ2n) is 11.6. The summed E-state index contributed by atoms with van der Waals surface area (Å²) >= 11 is 24.2. The van der Waals surface area contributed by atoms with Crippen LogP contribution >= 0.6 is 46.4 Å². The van der Waals surface area contributed by atoms with Crippen molar-refractivity contribution in [3.05, 3.63) is 110 Å². The van der Waals surface area contributed by atoms with Gasteiger partial charge in [-0.3, -0.25) is 19.2 Å². The van der Waals surface area contributed by atoms with Crippen LogP contribution in [0.3, 0.4) is 0 Å². The van der Waals surface area contributed by atoms with E-state index in [9.17, 15) is 24.0 Å². The summed E-state index contributed by atoms with van der Waals surface area (Å²) in [4.78, 5) is 67.9. The Hall–Kier alpha value is -3.69. The van der Waals surface area contributed by atoms with Crippen molar-refractivity contribution in [2.75, 3.05) is 6.54 Å². The lowest BCUT2D eigenvalue weighted by molar-refractivity contribution is -0.154. The lowest BCUT2D eigenvalue weighted by Gasteiger charge is -2.37. The number of amides is 3. The van der Waals surface area contributed by atoms with Crippen molar-refractivity contribution in [3.63, 3.8) is 0 Å². The molecule has 3 aromatic rings. The third kappa shape index (κ3) is 5.14. The van der Waals surface area contributed by atoms with Crippen molar-refractivity contribution in [1.82, 2.24) is 10.0 Å². The van der Waals surface area contributed by atoms with Gasteiger partial charge < -0.3 is 4.74 Å². The van der Waals surface area contributed by atoms with Crippen molar-refractivity contribution in [2.45, 2.75) is 6.42 Å². The maximum atomic E-state index is 13.9. The summed E-state index contributed by atoms with van der Waals surface area (Å²) in [6, 6.07) is 14.2. The fraction of sp³-hybridized carbons (Fsp3) is 0.242. The Morgan fingerprint density at radius 3 is 1.98 bits per heavy atom. The molecule has 45 heavy (non-hydrogen) atoms. The predicted octanol–water partition coefficient (Wildman–Crippen LogP) is 6.81. The highest BCUT2D eigenvalue weighted by Crippen LogP contribution is 2.65. The number of halogens is 4. The minimum atomic E-state index is -0.752. The normalized spacial score (nSPS) is 25.6. The first-order valence-electron chi connectivity index (χ1n) is 14.2. The number of carbonyl (C=O) groups is 5. The van der Waals surface area contributed by atoms with Gasteiger partial charge in [0.1, 0.15) is 12.3 Å². The van der Waals surface area contributed by atoms with Crippen LogP contribution in [0.15, 0.2) is 72.8 Å². The molecule has 1 saturated heterocycles. The van der Waals surface area contributed by atoms with E-state index in [-0.39, 0.29) is 49.3 Å². The number of hydrazine groups is 1. The summed E-state index contributed by atoms with van der Waals surface area (Å²) in [5.74, 6) is -3.41. The van der Waals surface area contributed by atoms with Crippen LogP contribution in [0, 0.1) is 35.5 Å². The Bertz CT molecular complexity index is 1810. The zero-order chi connectivity index (χ0) is 31.7. The van der Waals surface area contributed by atoms with Gasteiger partial charge in [0.05, 0.1) is 32.5 Å². The number of hydrogen-bond acceptors (Lipinski definition) is 6. The van der Waals surface area contributed by atoms with Crippen LogP contribution in [-0.2, 0) is 9.59 Å². The topological polar surface area (TPSA) is 101 Å². The van der Waals surface area contributed by atoms with E-state index in [0.717, 1.165) is 16.4 Å². The second kappa shape index (κ2) is 11.3. The minimum absolute atomic E-state index is 0.0553. The van der Waals surface area contributed by atoms with E-state index in [2.05, 4.69) is 0 Å². The third-order valence-corrected chi connectivity index (χ3v) is 10.4. The first-order chi connectivity index (χ1) is 21.5. The fourth-order valence-electron chi connectivity index (χ4n) is 6.94. The van der Waals surface area contributed by atoms with E-state index in [1.807, 2.05) is 12.2 Å². The Kier molecular flexibility index (Phi) is 7.52. The molecule has 2 saturated carbocycles. The smallest absolute Gasteiger partial charge is 0.345 e. The van der Waals surface area contributed by atoms with Crippen LogP contribution in [0.5, 0.6) is 5.75 Å². The molecule has 0 radical (unpaired) electrons. The maximum Gasteiger partial charge on any atom is 0.345 e. The van der Waals surface area contributed by atoms with E-state index >= 15 is 0 Å². The zero-order valence-electron chi connectivity index (χ0n) is 23.2. The number of carbonyl (C=O) groups excluding carboxylic acids is 5. The molecule has 1 heterocycles. The fourth-order valence-corrected chi connectivity index (χ4v) is 7.73. The number of hydrogen-bond donors (Lipinski definition) is 0. The molecule has 0 spiro atoms. The molecule has 8 rings (SSSR count). The largest absolute Gasteiger partial charge is 0.423 e. The SMILES string of the molecule is O=C(CN(C(=O)c1ccc(Cl)c(Cl)c1)N1C(=O)[C@@H]2[C@H]3C=C[C@@H]([C@@H]4C[C@@H]34)[C@@H]2C1=O)c1ccc(OC(=O)c2ccc(Cl)cc2Cl)cc1. The molecule has 0 N–H and O–H groups in total. The Labute approximate surface area is 277 Å². The average Bonchev–Trinajstić information content (AvgIpc) is 3.80. The monoisotopic (exact) mass is 682 g/mol. The number of esters is 1. The van der Waals surface area contributed by atoms with E-state index in [1.54, 1.807) is 0 Å². The molecule has 2 bridgehead atoms. The van der Waals surface area contributed by atoms with E-state index in [4.69, 9.17) is 51.1 Å². The number of ether oxygens (including phenoxy) is 1. The molecule has 6 atom stereocenters. The lowest BCUT2D eigenvalue weighted by Crippen LogP contribution is -2.52. The van der Waals surface area contributed by atoms with Gasteiger partial charge in [-0.2, -0.15) is 5.01 Å². The maximum absolute atomic E-state index is 13.9. The summed E-state index contributed by atoms with van der Waals surface area (Å²) < 4.78 is 5.39. The van der Waals surface area contributed by atoms with Gasteiger partial charge in [-0.15, -0.1) is 0 Å². The summed E-state index contributed by atoms with van der Waals surface area (Å²) in [6.07, 6.45) is 5.04. The Morgan fingerprint density at radius 2 is 1.38 bits per heavy atom. The highest BCUT2D eigenvalue weighted by molar-refractivity contribution is 6.42. The van der Waals surface area contributed by atoms with Gasteiger partial charge in [0.2, 0.25) is 0 Å². The van der Waals surface area contributed by atoms with Crippen molar-refractivity contribution in [1.29, 1.82) is 0 Å². The highest BCUT2D eigenvalue weighted by atomic mass is 35.5. The lowest BCUT2D eigenvalue weighted by atomic mass is 9.63. The molecule has 3 fully saturated rings. The average molecular weight is 684 g/mol. The zero-order valence-corrected chi connectivity index (χ0v) is 26.2. The molecule has 8 nitrogen and oxygen atoms in total. The Morgan fingerprint density at radius 1 is 0.756 bits per heavy atom. The van der Waals surface area contributed by atoms with Crippen LogP contribution in [0.4, 0.5) is 0 Å². The number of imide groups is 1. The van der Waals surface area contributed by atoms with E-state index in [0.29, 0.717) is 16.9 Å². The van der Waals surface area contributed by atoms with Gasteiger partial charge in [0, 0.05) is 16.1 Å². The molecule has 5 aliphatic rings. The summed E-state index contributed by atoms with van der Waals surface area (Å²) in [5.41, 5.74) is 0.324. The van der Waals surface area contributed by atoms with Crippen molar-refractivity contribution in [3.8, 4) is 5.75 Å². The van der Waals surface area contributed by atoms with E-state index < -0.39 is 47.9 Å². The molecule has 3 aromatic carbocycles. The summed E-state index contributed by atoms with van der Waals surface area (Å²) in [7, 11) is 0. The molecule has 12 heteroatoms. The standard InChI is InChI=1S/C33H22Cl4N2O6/c34-17-4-7-21(25(36)12-17)33(44)45-18-5-1-15(2-6-18)27(40)14-38(30(41)16-3-10-24(35)26(37)11-16)39-31(42)28-19-8-9-20(23-13-22(19)23)29(28)32(39)43/h1-12,19-20,22-23,28-29H,13-14H2/t19-,20-,22-,23-,28-,29+/m0/s1. The van der Waals surface area contributed by atoms with Gasteiger partial charge in [-0.1, -0.05) is 58.6 Å².